The van der Waals surface area contributed by atoms with E-state index in [1.807, 2.05) is 45.0 Å². The largest absolute Gasteiger partial charge is 0.444 e. The molecule has 1 unspecified atom stereocenters. The van der Waals surface area contributed by atoms with Gasteiger partial charge < -0.3 is 10.1 Å². The lowest BCUT2D eigenvalue weighted by atomic mass is 10.2. The molecule has 0 saturated carbocycles. The number of carbonyl (C=O) groups excluding carboxylic acids is 1. The maximum absolute atomic E-state index is 11.8. The molecule has 1 amide bonds. The second kappa shape index (κ2) is 7.04. The predicted molar refractivity (Wildman–Crippen MR) is 97.4 cm³/mol. The number of rotatable bonds is 4. The molecule has 0 spiro atoms. The number of hydrogen-bond donors (Lipinski definition) is 2. The van der Waals surface area contributed by atoms with E-state index in [0.717, 1.165) is 5.69 Å². The summed E-state index contributed by atoms with van der Waals surface area (Å²) < 4.78 is 5.27. The van der Waals surface area contributed by atoms with Gasteiger partial charge in [-0.25, -0.2) is 4.79 Å². The van der Waals surface area contributed by atoms with Gasteiger partial charge in [0.2, 0.25) is 0 Å². The highest BCUT2D eigenvalue weighted by Gasteiger charge is 2.16. The molecule has 0 fully saturated rings. The summed E-state index contributed by atoms with van der Waals surface area (Å²) in [6.45, 7) is 9.78. The first-order valence-corrected chi connectivity index (χ1v) is 8.53. The molecule has 0 aliphatic heterocycles. The van der Waals surface area contributed by atoms with E-state index in [4.69, 9.17) is 4.74 Å². The third-order valence-corrected chi connectivity index (χ3v) is 4.39. The van der Waals surface area contributed by atoms with Gasteiger partial charge in [0, 0.05) is 16.3 Å². The molecule has 1 atom stereocenters. The topological polar surface area (TPSA) is 50.4 Å². The van der Waals surface area contributed by atoms with E-state index in [1.54, 1.807) is 11.3 Å². The van der Waals surface area contributed by atoms with Gasteiger partial charge in [-0.05, 0) is 69.8 Å². The van der Waals surface area contributed by atoms with Crippen molar-refractivity contribution in [2.24, 2.45) is 0 Å². The van der Waals surface area contributed by atoms with Crippen molar-refractivity contribution < 1.29 is 9.53 Å². The van der Waals surface area contributed by atoms with Gasteiger partial charge in [0.15, 0.2) is 0 Å². The van der Waals surface area contributed by atoms with Crippen LogP contribution >= 0.6 is 11.3 Å². The number of carbonyl (C=O) groups is 1. The number of anilines is 2. The maximum Gasteiger partial charge on any atom is 0.412 e. The van der Waals surface area contributed by atoms with Crippen molar-refractivity contribution in [3.63, 3.8) is 0 Å². The van der Waals surface area contributed by atoms with Crippen LogP contribution in [0.4, 0.5) is 16.2 Å². The number of nitrogens with one attached hydrogen (secondary N) is 2. The van der Waals surface area contributed by atoms with Crippen LogP contribution in [0.25, 0.3) is 0 Å². The zero-order valence-corrected chi connectivity index (χ0v) is 15.1. The quantitative estimate of drug-likeness (QED) is 0.769. The zero-order chi connectivity index (χ0) is 17.0. The fraction of sp³-hybridized carbons (Fsp3) is 0.389. The number of thiophene rings is 1. The summed E-state index contributed by atoms with van der Waals surface area (Å²) in [5.41, 5.74) is 2.45. The molecule has 2 rings (SSSR count). The summed E-state index contributed by atoms with van der Waals surface area (Å²) in [4.78, 5) is 13.2. The van der Waals surface area contributed by atoms with Crippen LogP contribution < -0.4 is 10.6 Å². The normalized spacial score (nSPS) is 12.6. The molecule has 0 bridgehead atoms. The van der Waals surface area contributed by atoms with Crippen LogP contribution in [-0.2, 0) is 4.74 Å². The molecule has 0 aliphatic carbocycles. The molecular formula is C18H24N2O2S. The average molecular weight is 332 g/mol. The van der Waals surface area contributed by atoms with Crippen LogP contribution in [0.2, 0.25) is 0 Å². The van der Waals surface area contributed by atoms with E-state index >= 15 is 0 Å². The van der Waals surface area contributed by atoms with Crippen molar-refractivity contribution in [2.45, 2.75) is 46.3 Å². The van der Waals surface area contributed by atoms with E-state index in [9.17, 15) is 4.79 Å². The maximum atomic E-state index is 11.8. The molecule has 0 radical (unpaired) electrons. The summed E-state index contributed by atoms with van der Waals surface area (Å²) in [6, 6.07) is 9.98. The molecule has 5 heteroatoms. The Hall–Kier alpha value is -2.01. The minimum absolute atomic E-state index is 0.215. The number of benzene rings is 1. The van der Waals surface area contributed by atoms with Crippen LogP contribution in [0.5, 0.6) is 0 Å². The van der Waals surface area contributed by atoms with Crippen LogP contribution in [0.1, 0.15) is 44.2 Å². The average Bonchev–Trinajstić information content (AvgIpc) is 2.83. The molecule has 1 aromatic heterocycles. The minimum Gasteiger partial charge on any atom is -0.444 e. The second-order valence-corrected chi connectivity index (χ2v) is 7.49. The van der Waals surface area contributed by atoms with Gasteiger partial charge in [-0.1, -0.05) is 6.07 Å². The fourth-order valence-electron chi connectivity index (χ4n) is 2.25. The Morgan fingerprint density at radius 3 is 2.52 bits per heavy atom. The Labute approximate surface area is 141 Å². The summed E-state index contributed by atoms with van der Waals surface area (Å²) in [5.74, 6) is 0. The SMILES string of the molecule is Cc1ccsc1C(C)Nc1cccc(NC(=O)OC(C)(C)C)c1. The molecule has 0 aliphatic rings. The van der Waals surface area contributed by atoms with Crippen molar-refractivity contribution in [2.75, 3.05) is 10.6 Å². The molecule has 2 aromatic rings. The summed E-state index contributed by atoms with van der Waals surface area (Å²) in [6.07, 6.45) is -0.447. The van der Waals surface area contributed by atoms with Crippen molar-refractivity contribution in [3.8, 4) is 0 Å². The number of amides is 1. The number of hydrogen-bond acceptors (Lipinski definition) is 4. The van der Waals surface area contributed by atoms with Gasteiger partial charge in [-0.15, -0.1) is 11.3 Å². The first-order chi connectivity index (χ1) is 10.7. The Bertz CT molecular complexity index is 674. The first kappa shape index (κ1) is 17.3. The van der Waals surface area contributed by atoms with Gasteiger partial charge >= 0.3 is 6.09 Å². The molecule has 1 heterocycles. The molecule has 1 aromatic carbocycles. The third-order valence-electron chi connectivity index (χ3n) is 3.19. The highest BCUT2D eigenvalue weighted by Crippen LogP contribution is 2.27. The molecule has 0 saturated heterocycles. The zero-order valence-electron chi connectivity index (χ0n) is 14.3. The molecule has 2 N–H and O–H groups in total. The fourth-order valence-corrected chi connectivity index (χ4v) is 3.19. The van der Waals surface area contributed by atoms with E-state index in [1.165, 1.54) is 10.4 Å². The van der Waals surface area contributed by atoms with Crippen molar-refractivity contribution in [3.05, 3.63) is 46.2 Å². The van der Waals surface area contributed by atoms with Gasteiger partial charge in [0.1, 0.15) is 5.60 Å². The summed E-state index contributed by atoms with van der Waals surface area (Å²) >= 11 is 1.75. The van der Waals surface area contributed by atoms with Crippen LogP contribution in [-0.4, -0.2) is 11.7 Å². The van der Waals surface area contributed by atoms with Crippen LogP contribution in [0.3, 0.4) is 0 Å². The molecule has 124 valence electrons. The van der Waals surface area contributed by atoms with Crippen LogP contribution in [0.15, 0.2) is 35.7 Å². The van der Waals surface area contributed by atoms with Crippen LogP contribution in [0, 0.1) is 6.92 Å². The third kappa shape index (κ3) is 5.28. The highest BCUT2D eigenvalue weighted by molar-refractivity contribution is 7.10. The van der Waals surface area contributed by atoms with Gasteiger partial charge in [0.25, 0.3) is 0 Å². The van der Waals surface area contributed by atoms with Crippen molar-refractivity contribution in [1.29, 1.82) is 0 Å². The Balaban J connectivity index is 2.02. The van der Waals surface area contributed by atoms with E-state index in [0.29, 0.717) is 5.69 Å². The summed E-state index contributed by atoms with van der Waals surface area (Å²) in [5, 5.41) is 8.33. The number of ether oxygens (including phenoxy) is 1. The van der Waals surface area contributed by atoms with Crippen molar-refractivity contribution >= 4 is 28.8 Å². The predicted octanol–water partition coefficient (Wildman–Crippen LogP) is 5.58. The Morgan fingerprint density at radius 1 is 1.22 bits per heavy atom. The molecule has 4 nitrogen and oxygen atoms in total. The van der Waals surface area contributed by atoms with Crippen molar-refractivity contribution in [1.82, 2.24) is 0 Å². The summed E-state index contributed by atoms with van der Waals surface area (Å²) in [7, 11) is 0. The van der Waals surface area contributed by atoms with Gasteiger partial charge in [-0.2, -0.15) is 0 Å². The molecule has 23 heavy (non-hydrogen) atoms. The molecular weight excluding hydrogens is 308 g/mol. The van der Waals surface area contributed by atoms with E-state index in [-0.39, 0.29) is 6.04 Å². The Morgan fingerprint density at radius 2 is 1.91 bits per heavy atom. The standard InChI is InChI=1S/C18H24N2O2S/c1-12-9-10-23-16(12)13(2)19-14-7-6-8-15(11-14)20-17(21)22-18(3,4)5/h6-11,13,19H,1-5H3,(H,20,21). The highest BCUT2D eigenvalue weighted by atomic mass is 32.1. The monoisotopic (exact) mass is 332 g/mol. The van der Waals surface area contributed by atoms with Gasteiger partial charge in [0.05, 0.1) is 6.04 Å². The second-order valence-electron chi connectivity index (χ2n) is 6.54. The lowest BCUT2D eigenvalue weighted by molar-refractivity contribution is 0.0636. The minimum atomic E-state index is -0.509. The van der Waals surface area contributed by atoms with Gasteiger partial charge in [-0.3, -0.25) is 5.32 Å². The van der Waals surface area contributed by atoms with E-state index in [2.05, 4.69) is 35.9 Å². The number of aryl methyl sites for hydroxylation is 1. The Kier molecular flexibility index (Phi) is 5.31. The lowest BCUT2D eigenvalue weighted by Crippen LogP contribution is -2.27. The smallest absolute Gasteiger partial charge is 0.412 e. The van der Waals surface area contributed by atoms with E-state index < -0.39 is 11.7 Å². The first-order valence-electron chi connectivity index (χ1n) is 7.65. The lowest BCUT2D eigenvalue weighted by Gasteiger charge is -2.20.